The van der Waals surface area contributed by atoms with E-state index in [1.807, 2.05) is 0 Å². The second-order valence-electron chi connectivity index (χ2n) is 3.45. The maximum absolute atomic E-state index is 10.9. The Morgan fingerprint density at radius 1 is 1.39 bits per heavy atom. The first kappa shape index (κ1) is 14.3. The lowest BCUT2D eigenvalue weighted by atomic mass is 10.2. The lowest BCUT2D eigenvalue weighted by Gasteiger charge is -2.10. The monoisotopic (exact) mass is 272 g/mol. The van der Waals surface area contributed by atoms with Gasteiger partial charge in [-0.25, -0.2) is 4.79 Å². The number of para-hydroxylation sites is 1. The van der Waals surface area contributed by atoms with E-state index in [1.165, 1.54) is 19.2 Å². The summed E-state index contributed by atoms with van der Waals surface area (Å²) in [5.41, 5.74) is 0.000526. The lowest BCUT2D eigenvalue weighted by Crippen LogP contribution is -2.07. The first-order chi connectivity index (χ1) is 8.56. The Hall–Kier alpha value is -1.75. The van der Waals surface area contributed by atoms with Crippen molar-refractivity contribution in [1.82, 2.24) is 0 Å². The Morgan fingerprint density at radius 2 is 2.11 bits per heavy atom. The van der Waals surface area contributed by atoms with Crippen LogP contribution in [-0.4, -0.2) is 30.8 Å². The molecule has 0 amide bonds. The average Bonchev–Trinajstić information content (AvgIpc) is 2.35. The normalized spacial score (nSPS) is 9.89. The number of carboxylic acid groups (broad SMARTS) is 1. The summed E-state index contributed by atoms with van der Waals surface area (Å²) >= 11 is 5.86. The van der Waals surface area contributed by atoms with Crippen LogP contribution in [-0.2, 0) is 9.53 Å². The van der Waals surface area contributed by atoms with E-state index in [1.54, 1.807) is 6.07 Å². The van der Waals surface area contributed by atoms with Crippen molar-refractivity contribution in [2.24, 2.45) is 0 Å². The summed E-state index contributed by atoms with van der Waals surface area (Å²) in [6.45, 7) is 0.194. The molecule has 0 atom stereocenters. The number of ether oxygens (including phenoxy) is 2. The number of carbonyl (C=O) groups is 2. The van der Waals surface area contributed by atoms with Crippen molar-refractivity contribution in [2.45, 2.75) is 12.8 Å². The Morgan fingerprint density at radius 3 is 2.72 bits per heavy atom. The molecule has 0 aliphatic heterocycles. The molecular formula is C12H13ClO5. The molecule has 1 aromatic rings. The summed E-state index contributed by atoms with van der Waals surface area (Å²) in [6.07, 6.45) is 0.639. The highest BCUT2D eigenvalue weighted by atomic mass is 35.5. The molecular weight excluding hydrogens is 260 g/mol. The molecule has 1 aromatic carbocycles. The molecule has 0 spiro atoms. The number of carboxylic acids is 1. The van der Waals surface area contributed by atoms with Crippen LogP contribution in [0.15, 0.2) is 18.2 Å². The molecule has 5 nitrogen and oxygen atoms in total. The standard InChI is InChI=1S/C12H13ClO5/c1-17-10(14)6-3-7-18-11-8(12(15)16)4-2-5-9(11)13/h2,4-5H,3,6-7H2,1H3,(H,15,16). The van der Waals surface area contributed by atoms with Crippen molar-refractivity contribution in [3.8, 4) is 5.75 Å². The summed E-state index contributed by atoms with van der Waals surface area (Å²) in [5.74, 6) is -1.33. The van der Waals surface area contributed by atoms with Gasteiger partial charge in [-0.1, -0.05) is 17.7 Å². The van der Waals surface area contributed by atoms with E-state index < -0.39 is 5.97 Å². The van der Waals surface area contributed by atoms with Crippen LogP contribution in [0, 0.1) is 0 Å². The van der Waals surface area contributed by atoms with E-state index >= 15 is 0 Å². The smallest absolute Gasteiger partial charge is 0.339 e. The predicted molar refractivity (Wildman–Crippen MR) is 65.2 cm³/mol. The van der Waals surface area contributed by atoms with Crippen LogP contribution in [0.25, 0.3) is 0 Å². The van der Waals surface area contributed by atoms with Crippen LogP contribution in [0.2, 0.25) is 5.02 Å². The van der Waals surface area contributed by atoms with E-state index in [9.17, 15) is 9.59 Å². The van der Waals surface area contributed by atoms with Gasteiger partial charge in [-0.3, -0.25) is 4.79 Å². The minimum atomic E-state index is -1.11. The topological polar surface area (TPSA) is 72.8 Å². The first-order valence-corrected chi connectivity index (χ1v) is 5.65. The summed E-state index contributed by atoms with van der Waals surface area (Å²) in [5, 5.41) is 9.19. The molecule has 98 valence electrons. The van der Waals surface area contributed by atoms with Gasteiger partial charge in [0.2, 0.25) is 0 Å². The summed E-state index contributed by atoms with van der Waals surface area (Å²) in [6, 6.07) is 4.49. The van der Waals surface area contributed by atoms with Gasteiger partial charge < -0.3 is 14.6 Å². The highest BCUT2D eigenvalue weighted by Gasteiger charge is 2.14. The fraction of sp³-hybridized carbons (Fsp3) is 0.333. The molecule has 0 bridgehead atoms. The SMILES string of the molecule is COC(=O)CCCOc1c(Cl)cccc1C(=O)O. The van der Waals surface area contributed by atoms with E-state index in [2.05, 4.69) is 4.74 Å². The third-order valence-corrected chi connectivity index (χ3v) is 2.49. The Labute approximate surface area is 109 Å². The van der Waals surface area contributed by atoms with Gasteiger partial charge in [-0.2, -0.15) is 0 Å². The quantitative estimate of drug-likeness (QED) is 0.636. The lowest BCUT2D eigenvalue weighted by molar-refractivity contribution is -0.140. The maximum Gasteiger partial charge on any atom is 0.339 e. The third kappa shape index (κ3) is 3.92. The zero-order chi connectivity index (χ0) is 13.5. The van der Waals surface area contributed by atoms with Gasteiger partial charge in [-0.05, 0) is 18.6 Å². The van der Waals surface area contributed by atoms with Gasteiger partial charge in [-0.15, -0.1) is 0 Å². The number of methoxy groups -OCH3 is 1. The molecule has 0 radical (unpaired) electrons. The van der Waals surface area contributed by atoms with Gasteiger partial charge in [0.1, 0.15) is 5.56 Å². The van der Waals surface area contributed by atoms with Gasteiger partial charge in [0.25, 0.3) is 0 Å². The molecule has 18 heavy (non-hydrogen) atoms. The van der Waals surface area contributed by atoms with E-state index in [0.717, 1.165) is 0 Å². The maximum atomic E-state index is 10.9. The van der Waals surface area contributed by atoms with E-state index in [4.69, 9.17) is 21.4 Å². The van der Waals surface area contributed by atoms with Crippen LogP contribution >= 0.6 is 11.6 Å². The van der Waals surface area contributed by atoms with Crippen LogP contribution < -0.4 is 4.74 Å². The van der Waals surface area contributed by atoms with E-state index in [-0.39, 0.29) is 35.3 Å². The molecule has 0 saturated carbocycles. The Kier molecular flexibility index (Phi) is 5.45. The average molecular weight is 273 g/mol. The van der Waals surface area contributed by atoms with Gasteiger partial charge in [0.15, 0.2) is 5.75 Å². The minimum Gasteiger partial charge on any atom is -0.491 e. The van der Waals surface area contributed by atoms with Gasteiger partial charge in [0, 0.05) is 6.42 Å². The minimum absolute atomic E-state index is 0.000526. The number of rotatable bonds is 6. The summed E-state index contributed by atoms with van der Waals surface area (Å²) in [4.78, 5) is 21.8. The third-order valence-electron chi connectivity index (χ3n) is 2.20. The number of halogens is 1. The number of carbonyl (C=O) groups excluding carboxylic acids is 1. The van der Waals surface area contributed by atoms with Crippen LogP contribution in [0.5, 0.6) is 5.75 Å². The molecule has 0 aliphatic rings. The number of benzene rings is 1. The van der Waals surface area contributed by atoms with Crippen molar-refractivity contribution in [1.29, 1.82) is 0 Å². The molecule has 0 fully saturated rings. The summed E-state index contributed by atoms with van der Waals surface area (Å²) < 4.78 is 9.78. The highest BCUT2D eigenvalue weighted by Crippen LogP contribution is 2.28. The Bertz CT molecular complexity index is 444. The molecule has 0 saturated heterocycles. The molecule has 0 unspecified atom stereocenters. The number of hydrogen-bond acceptors (Lipinski definition) is 4. The molecule has 1 rings (SSSR count). The number of hydrogen-bond donors (Lipinski definition) is 1. The van der Waals surface area contributed by atoms with Gasteiger partial charge >= 0.3 is 11.9 Å². The van der Waals surface area contributed by atoms with Crippen molar-refractivity contribution in [2.75, 3.05) is 13.7 Å². The molecule has 1 N–H and O–H groups in total. The van der Waals surface area contributed by atoms with Crippen molar-refractivity contribution in [3.05, 3.63) is 28.8 Å². The zero-order valence-electron chi connectivity index (χ0n) is 9.81. The highest BCUT2D eigenvalue weighted by molar-refractivity contribution is 6.32. The molecule has 0 aliphatic carbocycles. The zero-order valence-corrected chi connectivity index (χ0v) is 10.6. The van der Waals surface area contributed by atoms with Crippen LogP contribution in [0.1, 0.15) is 23.2 Å². The fourth-order valence-corrected chi connectivity index (χ4v) is 1.55. The van der Waals surface area contributed by atoms with Crippen LogP contribution in [0.4, 0.5) is 0 Å². The Balaban J connectivity index is 2.61. The largest absolute Gasteiger partial charge is 0.491 e. The van der Waals surface area contributed by atoms with Gasteiger partial charge in [0.05, 0.1) is 18.7 Å². The molecule has 0 heterocycles. The molecule has 0 aromatic heterocycles. The van der Waals surface area contributed by atoms with Crippen LogP contribution in [0.3, 0.4) is 0 Å². The number of aromatic carboxylic acids is 1. The molecule has 6 heteroatoms. The first-order valence-electron chi connectivity index (χ1n) is 5.27. The second kappa shape index (κ2) is 6.86. The van der Waals surface area contributed by atoms with E-state index in [0.29, 0.717) is 6.42 Å². The van der Waals surface area contributed by atoms with Crippen molar-refractivity contribution in [3.63, 3.8) is 0 Å². The second-order valence-corrected chi connectivity index (χ2v) is 3.86. The fourth-order valence-electron chi connectivity index (χ4n) is 1.32. The van der Waals surface area contributed by atoms with Crippen molar-refractivity contribution >= 4 is 23.5 Å². The van der Waals surface area contributed by atoms with Crippen molar-refractivity contribution < 1.29 is 24.2 Å². The number of esters is 1. The predicted octanol–water partition coefficient (Wildman–Crippen LogP) is 2.37. The summed E-state index contributed by atoms with van der Waals surface area (Å²) in [7, 11) is 1.31.